The zero-order valence-electron chi connectivity index (χ0n) is 17.4. The molecule has 0 aromatic heterocycles. The normalized spacial score (nSPS) is 10.6. The lowest BCUT2D eigenvalue weighted by molar-refractivity contribution is -0.131. The Bertz CT molecular complexity index is 1150. The molecular formula is C27H21O4S+. The van der Waals surface area contributed by atoms with Gasteiger partial charge in [0.25, 0.3) is 0 Å². The lowest BCUT2D eigenvalue weighted by atomic mass is 10.2. The second-order valence-corrected chi connectivity index (χ2v) is 8.94. The van der Waals surface area contributed by atoms with E-state index in [0.717, 1.165) is 4.90 Å². The number of hydrogen-bond acceptors (Lipinski definition) is 4. The van der Waals surface area contributed by atoms with E-state index in [0.29, 0.717) is 17.1 Å². The smallest absolute Gasteiger partial charge is 0.343 e. The SMILES string of the molecule is CC(=O)Oc1ccc(OC(=O)c2ccc([S+](c3ccccc3)c3ccccc3)cc2)cc1. The zero-order chi connectivity index (χ0) is 22.3. The van der Waals surface area contributed by atoms with E-state index in [1.54, 1.807) is 36.4 Å². The van der Waals surface area contributed by atoms with Crippen LogP contribution in [0.25, 0.3) is 0 Å². The summed E-state index contributed by atoms with van der Waals surface area (Å²) in [6, 6.07) is 34.5. The minimum Gasteiger partial charge on any atom is -0.427 e. The highest BCUT2D eigenvalue weighted by Crippen LogP contribution is 2.31. The molecule has 0 unspecified atom stereocenters. The largest absolute Gasteiger partial charge is 0.427 e. The number of rotatable bonds is 6. The van der Waals surface area contributed by atoms with Crippen molar-refractivity contribution in [3.63, 3.8) is 0 Å². The molecule has 0 N–H and O–H groups in total. The number of carbonyl (C=O) groups excluding carboxylic acids is 2. The summed E-state index contributed by atoms with van der Waals surface area (Å²) in [6.07, 6.45) is 0. The van der Waals surface area contributed by atoms with Crippen LogP contribution in [0.5, 0.6) is 11.5 Å². The first kappa shape index (κ1) is 21.4. The quantitative estimate of drug-likeness (QED) is 0.212. The maximum atomic E-state index is 12.6. The van der Waals surface area contributed by atoms with Crippen LogP contribution >= 0.6 is 0 Å². The Morgan fingerprint density at radius 3 is 1.47 bits per heavy atom. The molecule has 5 heteroatoms. The molecule has 0 fully saturated rings. The maximum absolute atomic E-state index is 12.6. The van der Waals surface area contributed by atoms with E-state index in [9.17, 15) is 9.59 Å². The van der Waals surface area contributed by atoms with Gasteiger partial charge in [-0.2, -0.15) is 0 Å². The molecule has 0 amide bonds. The first-order valence-electron chi connectivity index (χ1n) is 10.1. The third-order valence-electron chi connectivity index (χ3n) is 4.58. The van der Waals surface area contributed by atoms with Gasteiger partial charge in [0.2, 0.25) is 0 Å². The fraction of sp³-hybridized carbons (Fsp3) is 0.0370. The van der Waals surface area contributed by atoms with E-state index >= 15 is 0 Å². The van der Waals surface area contributed by atoms with Crippen molar-refractivity contribution < 1.29 is 19.1 Å². The third-order valence-corrected chi connectivity index (χ3v) is 6.81. The summed E-state index contributed by atoms with van der Waals surface area (Å²) in [7, 11) is -0.275. The van der Waals surface area contributed by atoms with Crippen molar-refractivity contribution >= 4 is 22.8 Å². The van der Waals surface area contributed by atoms with E-state index in [4.69, 9.17) is 9.47 Å². The average Bonchev–Trinajstić information content (AvgIpc) is 2.82. The van der Waals surface area contributed by atoms with Gasteiger partial charge >= 0.3 is 11.9 Å². The molecule has 0 saturated carbocycles. The molecule has 32 heavy (non-hydrogen) atoms. The van der Waals surface area contributed by atoms with Crippen molar-refractivity contribution in [1.29, 1.82) is 0 Å². The fourth-order valence-electron chi connectivity index (χ4n) is 3.16. The number of benzene rings is 4. The molecule has 0 aliphatic heterocycles. The van der Waals surface area contributed by atoms with Gasteiger partial charge in [-0.05, 0) is 72.8 Å². The Kier molecular flexibility index (Phi) is 6.68. The highest BCUT2D eigenvalue weighted by molar-refractivity contribution is 7.97. The highest BCUT2D eigenvalue weighted by Gasteiger charge is 2.28. The van der Waals surface area contributed by atoms with Gasteiger partial charge in [0.15, 0.2) is 14.7 Å². The lowest BCUT2D eigenvalue weighted by Gasteiger charge is -2.09. The van der Waals surface area contributed by atoms with Crippen molar-refractivity contribution in [3.05, 3.63) is 115 Å². The first-order chi connectivity index (χ1) is 15.6. The fourth-order valence-corrected chi connectivity index (χ4v) is 5.24. The van der Waals surface area contributed by atoms with Gasteiger partial charge < -0.3 is 9.47 Å². The molecule has 0 atom stereocenters. The van der Waals surface area contributed by atoms with Crippen molar-refractivity contribution in [2.45, 2.75) is 21.6 Å². The van der Waals surface area contributed by atoms with Crippen LogP contribution in [0.3, 0.4) is 0 Å². The van der Waals surface area contributed by atoms with E-state index in [1.165, 1.54) is 16.7 Å². The van der Waals surface area contributed by atoms with Crippen LogP contribution < -0.4 is 9.47 Å². The van der Waals surface area contributed by atoms with Gasteiger partial charge in [-0.3, -0.25) is 4.79 Å². The number of ether oxygens (including phenoxy) is 2. The Morgan fingerprint density at radius 1 is 0.562 bits per heavy atom. The van der Waals surface area contributed by atoms with E-state index < -0.39 is 11.9 Å². The Hall–Kier alpha value is -3.83. The van der Waals surface area contributed by atoms with Crippen LogP contribution in [0, 0.1) is 0 Å². The Morgan fingerprint density at radius 2 is 1.00 bits per heavy atom. The average molecular weight is 442 g/mol. The number of carbonyl (C=O) groups is 2. The first-order valence-corrected chi connectivity index (χ1v) is 11.3. The molecule has 0 heterocycles. The predicted octanol–water partition coefficient (Wildman–Crippen LogP) is 5.93. The number of esters is 2. The summed E-state index contributed by atoms with van der Waals surface area (Å²) < 4.78 is 10.4. The van der Waals surface area contributed by atoms with Gasteiger partial charge in [-0.25, -0.2) is 4.79 Å². The Balaban J connectivity index is 1.53. The van der Waals surface area contributed by atoms with Crippen LogP contribution in [-0.4, -0.2) is 11.9 Å². The molecule has 0 aliphatic rings. The summed E-state index contributed by atoms with van der Waals surface area (Å²) in [5, 5.41) is 0. The van der Waals surface area contributed by atoms with Crippen LogP contribution in [0.1, 0.15) is 17.3 Å². The summed E-state index contributed by atoms with van der Waals surface area (Å²) in [6.45, 7) is 1.33. The van der Waals surface area contributed by atoms with Gasteiger partial charge in [0, 0.05) is 6.92 Å². The van der Waals surface area contributed by atoms with Crippen molar-refractivity contribution in [2.24, 2.45) is 0 Å². The standard InChI is InChI=1S/C27H21O4S/c1-20(28)30-22-14-16-23(17-15-22)31-27(29)21-12-18-26(19-13-21)32(24-8-4-2-5-9-24)25-10-6-3-7-11-25/h2-19H,1H3/q+1. The molecule has 0 spiro atoms. The summed E-state index contributed by atoms with van der Waals surface area (Å²) in [5.74, 6) is -0.0743. The molecule has 158 valence electrons. The second-order valence-electron chi connectivity index (χ2n) is 6.91. The highest BCUT2D eigenvalue weighted by atomic mass is 32.2. The van der Waals surface area contributed by atoms with Crippen LogP contribution in [0.2, 0.25) is 0 Å². The lowest BCUT2D eigenvalue weighted by Crippen LogP contribution is -2.10. The molecule has 0 bridgehead atoms. The predicted molar refractivity (Wildman–Crippen MR) is 124 cm³/mol. The van der Waals surface area contributed by atoms with Crippen LogP contribution in [0.4, 0.5) is 0 Å². The summed E-state index contributed by atoms with van der Waals surface area (Å²) in [4.78, 5) is 27.1. The van der Waals surface area contributed by atoms with E-state index in [1.807, 2.05) is 48.5 Å². The molecule has 4 rings (SSSR count). The molecular weight excluding hydrogens is 420 g/mol. The van der Waals surface area contributed by atoms with Gasteiger partial charge in [0.05, 0.1) is 16.5 Å². The van der Waals surface area contributed by atoms with Crippen molar-refractivity contribution in [2.75, 3.05) is 0 Å². The third kappa shape index (κ3) is 5.25. The Labute approximate surface area is 189 Å². The van der Waals surface area contributed by atoms with E-state index in [-0.39, 0.29) is 10.9 Å². The van der Waals surface area contributed by atoms with Crippen molar-refractivity contribution in [3.8, 4) is 11.5 Å². The second kappa shape index (κ2) is 9.98. The molecule has 0 radical (unpaired) electrons. The minimum atomic E-state index is -0.448. The molecule has 0 aliphatic carbocycles. The van der Waals surface area contributed by atoms with Gasteiger partial charge in [-0.15, -0.1) is 0 Å². The zero-order valence-corrected chi connectivity index (χ0v) is 18.3. The molecule has 4 nitrogen and oxygen atoms in total. The van der Waals surface area contributed by atoms with Crippen LogP contribution in [-0.2, 0) is 15.7 Å². The van der Waals surface area contributed by atoms with Crippen molar-refractivity contribution in [1.82, 2.24) is 0 Å². The van der Waals surface area contributed by atoms with Gasteiger partial charge in [0.1, 0.15) is 11.5 Å². The van der Waals surface area contributed by atoms with Gasteiger partial charge in [-0.1, -0.05) is 36.4 Å². The maximum Gasteiger partial charge on any atom is 0.343 e. The summed E-state index contributed by atoms with van der Waals surface area (Å²) >= 11 is 0. The van der Waals surface area contributed by atoms with Crippen LogP contribution in [0.15, 0.2) is 124 Å². The molecule has 4 aromatic rings. The topological polar surface area (TPSA) is 52.6 Å². The monoisotopic (exact) mass is 441 g/mol. The molecule has 4 aromatic carbocycles. The van der Waals surface area contributed by atoms with E-state index in [2.05, 4.69) is 24.3 Å². The summed E-state index contributed by atoms with van der Waals surface area (Å²) in [5.41, 5.74) is 0.461. The number of hydrogen-bond donors (Lipinski definition) is 0. The molecule has 0 saturated heterocycles. The minimum absolute atomic E-state index is 0.275.